The van der Waals surface area contributed by atoms with Crippen LogP contribution in [0.4, 0.5) is 11.4 Å². The van der Waals surface area contributed by atoms with Gasteiger partial charge in [0.2, 0.25) is 5.91 Å². The first kappa shape index (κ1) is 23.6. The molecule has 32 heavy (non-hydrogen) atoms. The molecule has 0 unspecified atom stereocenters. The molecular weight excluding hydrogens is 406 g/mol. The van der Waals surface area contributed by atoms with Gasteiger partial charge >= 0.3 is 0 Å². The Labute approximate surface area is 190 Å². The summed E-state index contributed by atoms with van der Waals surface area (Å²) in [7, 11) is 3.68. The second kappa shape index (κ2) is 11.0. The quantitative estimate of drug-likeness (QED) is 0.474. The number of carbonyl (C=O) groups is 2. The van der Waals surface area contributed by atoms with E-state index in [0.717, 1.165) is 37.4 Å². The number of rotatable bonds is 9. The van der Waals surface area contributed by atoms with Crippen molar-refractivity contribution in [2.75, 3.05) is 57.2 Å². The Morgan fingerprint density at radius 3 is 2.44 bits per heavy atom. The fourth-order valence-electron chi connectivity index (χ4n) is 3.68. The predicted molar refractivity (Wildman–Crippen MR) is 127 cm³/mol. The molecule has 7 nitrogen and oxygen atoms in total. The number of piperazine rings is 1. The summed E-state index contributed by atoms with van der Waals surface area (Å²) in [5, 5.41) is 3.01. The number of Topliss-reactive ketones (excluding diaryl/α,β-unsaturated/α-hetero) is 1. The van der Waals surface area contributed by atoms with Crippen molar-refractivity contribution in [1.82, 2.24) is 4.90 Å². The van der Waals surface area contributed by atoms with Gasteiger partial charge in [-0.05, 0) is 69.3 Å². The topological polar surface area (TPSA) is 71.1 Å². The number of amides is 1. The van der Waals surface area contributed by atoms with Gasteiger partial charge < -0.3 is 24.6 Å². The highest BCUT2D eigenvalue weighted by Crippen LogP contribution is 2.28. The maximum atomic E-state index is 12.4. The summed E-state index contributed by atoms with van der Waals surface area (Å²) < 4.78 is 11.1. The summed E-state index contributed by atoms with van der Waals surface area (Å²) in [6, 6.07) is 11.3. The van der Waals surface area contributed by atoms with E-state index in [2.05, 4.69) is 34.3 Å². The zero-order valence-electron chi connectivity index (χ0n) is 19.4. The summed E-state index contributed by atoms with van der Waals surface area (Å²) in [6.07, 6.45) is 0.926. The van der Waals surface area contributed by atoms with Crippen molar-refractivity contribution in [3.8, 4) is 11.5 Å². The van der Waals surface area contributed by atoms with Gasteiger partial charge in [-0.3, -0.25) is 9.59 Å². The SMILES string of the molecule is COc1cc(C(C)=O)ccc1OCCCC(=O)Nc1ccc(N2CCN(C)CC2)cc1C. The van der Waals surface area contributed by atoms with Crippen molar-refractivity contribution >= 4 is 23.1 Å². The van der Waals surface area contributed by atoms with Gasteiger partial charge in [0, 0.05) is 49.5 Å². The zero-order chi connectivity index (χ0) is 23.1. The first-order valence-electron chi connectivity index (χ1n) is 11.0. The number of ketones is 1. The average Bonchev–Trinajstić information content (AvgIpc) is 2.78. The number of nitrogens with zero attached hydrogens (tertiary/aromatic N) is 2. The minimum Gasteiger partial charge on any atom is -0.493 e. The number of likely N-dealkylation sites (N-methyl/N-ethyl adjacent to an activating group) is 1. The summed E-state index contributed by atoms with van der Waals surface area (Å²) >= 11 is 0. The van der Waals surface area contributed by atoms with Crippen molar-refractivity contribution in [2.45, 2.75) is 26.7 Å². The Balaban J connectivity index is 1.46. The molecule has 1 amide bonds. The van der Waals surface area contributed by atoms with Crippen LogP contribution in [0.5, 0.6) is 11.5 Å². The van der Waals surface area contributed by atoms with Gasteiger partial charge in [0.25, 0.3) is 0 Å². The van der Waals surface area contributed by atoms with Gasteiger partial charge in [-0.15, -0.1) is 0 Å². The first-order valence-corrected chi connectivity index (χ1v) is 11.0. The molecule has 1 aliphatic heterocycles. The maximum absolute atomic E-state index is 12.4. The molecule has 2 aromatic rings. The van der Waals surface area contributed by atoms with Gasteiger partial charge in [0.05, 0.1) is 13.7 Å². The second-order valence-electron chi connectivity index (χ2n) is 8.21. The van der Waals surface area contributed by atoms with E-state index in [1.165, 1.54) is 19.7 Å². The minimum atomic E-state index is -0.0389. The van der Waals surface area contributed by atoms with E-state index < -0.39 is 0 Å². The Morgan fingerprint density at radius 1 is 1.03 bits per heavy atom. The Kier molecular flexibility index (Phi) is 8.11. The Bertz CT molecular complexity index is 952. The van der Waals surface area contributed by atoms with E-state index in [0.29, 0.717) is 36.5 Å². The minimum absolute atomic E-state index is 0.0293. The lowest BCUT2D eigenvalue weighted by atomic mass is 10.1. The number of carbonyl (C=O) groups excluding carboxylic acids is 2. The molecular formula is C25H33N3O4. The van der Waals surface area contributed by atoms with Crippen molar-refractivity contribution in [1.29, 1.82) is 0 Å². The molecule has 172 valence electrons. The van der Waals surface area contributed by atoms with Crippen molar-refractivity contribution in [2.24, 2.45) is 0 Å². The molecule has 3 rings (SSSR count). The highest BCUT2D eigenvalue weighted by molar-refractivity contribution is 5.94. The van der Waals surface area contributed by atoms with Gasteiger partial charge in [0.15, 0.2) is 17.3 Å². The molecule has 7 heteroatoms. The van der Waals surface area contributed by atoms with E-state index in [4.69, 9.17) is 9.47 Å². The van der Waals surface area contributed by atoms with Crippen LogP contribution in [0.2, 0.25) is 0 Å². The molecule has 0 radical (unpaired) electrons. The zero-order valence-corrected chi connectivity index (χ0v) is 19.4. The number of methoxy groups -OCH3 is 1. The van der Waals surface area contributed by atoms with Crippen LogP contribution in [-0.2, 0) is 4.79 Å². The number of aryl methyl sites for hydroxylation is 1. The van der Waals surface area contributed by atoms with E-state index in [1.54, 1.807) is 18.2 Å². The van der Waals surface area contributed by atoms with Crippen LogP contribution in [0.3, 0.4) is 0 Å². The molecule has 0 bridgehead atoms. The monoisotopic (exact) mass is 439 g/mol. The van der Waals surface area contributed by atoms with Gasteiger partial charge in [0.1, 0.15) is 0 Å². The first-order chi connectivity index (χ1) is 15.4. The molecule has 1 fully saturated rings. The van der Waals surface area contributed by atoms with Crippen LogP contribution in [-0.4, -0.2) is 63.5 Å². The lowest BCUT2D eigenvalue weighted by Crippen LogP contribution is -2.44. The third kappa shape index (κ3) is 6.23. The Hall–Kier alpha value is -3.06. The Morgan fingerprint density at radius 2 is 1.78 bits per heavy atom. The number of hydrogen-bond donors (Lipinski definition) is 1. The summed E-state index contributed by atoms with van der Waals surface area (Å²) in [5.74, 6) is 1.01. The van der Waals surface area contributed by atoms with Crippen LogP contribution in [0.15, 0.2) is 36.4 Å². The largest absolute Gasteiger partial charge is 0.493 e. The lowest BCUT2D eigenvalue weighted by molar-refractivity contribution is -0.116. The van der Waals surface area contributed by atoms with Gasteiger partial charge in [-0.1, -0.05) is 0 Å². The molecule has 0 aliphatic carbocycles. The average molecular weight is 440 g/mol. The maximum Gasteiger partial charge on any atom is 0.224 e. The molecule has 1 saturated heterocycles. The van der Waals surface area contributed by atoms with E-state index in [1.807, 2.05) is 13.0 Å². The molecule has 1 aliphatic rings. The van der Waals surface area contributed by atoms with Gasteiger partial charge in [-0.2, -0.15) is 0 Å². The molecule has 0 spiro atoms. The van der Waals surface area contributed by atoms with E-state index in [-0.39, 0.29) is 11.7 Å². The summed E-state index contributed by atoms with van der Waals surface area (Å²) in [6.45, 7) is 8.07. The normalized spacial score (nSPS) is 14.2. The van der Waals surface area contributed by atoms with Crippen LogP contribution in [0.25, 0.3) is 0 Å². The second-order valence-corrected chi connectivity index (χ2v) is 8.21. The van der Waals surface area contributed by atoms with Crippen LogP contribution < -0.4 is 19.7 Å². The summed E-state index contributed by atoms with van der Waals surface area (Å²) in [5.41, 5.74) is 3.67. The molecule has 1 heterocycles. The van der Waals surface area contributed by atoms with Crippen molar-refractivity contribution < 1.29 is 19.1 Å². The van der Waals surface area contributed by atoms with Crippen molar-refractivity contribution in [3.05, 3.63) is 47.5 Å². The van der Waals surface area contributed by atoms with Crippen LogP contribution >= 0.6 is 0 Å². The standard InChI is InChI=1S/C25H33N3O4/c1-18-16-21(28-13-11-27(3)12-14-28)8-9-22(18)26-25(30)6-5-15-32-23-10-7-20(19(2)29)17-24(23)31-4/h7-10,16-17H,5-6,11-15H2,1-4H3,(H,26,30). The smallest absolute Gasteiger partial charge is 0.224 e. The number of nitrogens with one attached hydrogen (secondary N) is 1. The van der Waals surface area contributed by atoms with E-state index >= 15 is 0 Å². The molecule has 0 aromatic heterocycles. The van der Waals surface area contributed by atoms with Crippen LogP contribution in [0.1, 0.15) is 35.7 Å². The summed E-state index contributed by atoms with van der Waals surface area (Å²) in [4.78, 5) is 28.6. The van der Waals surface area contributed by atoms with Crippen LogP contribution in [0, 0.1) is 6.92 Å². The highest BCUT2D eigenvalue weighted by Gasteiger charge is 2.15. The third-order valence-electron chi connectivity index (χ3n) is 5.73. The molecule has 0 saturated carbocycles. The number of hydrogen-bond acceptors (Lipinski definition) is 6. The lowest BCUT2D eigenvalue weighted by Gasteiger charge is -2.34. The third-order valence-corrected chi connectivity index (χ3v) is 5.73. The molecule has 2 aromatic carbocycles. The number of ether oxygens (including phenoxy) is 2. The number of anilines is 2. The molecule has 0 atom stereocenters. The van der Waals surface area contributed by atoms with E-state index in [9.17, 15) is 9.59 Å². The number of benzene rings is 2. The van der Waals surface area contributed by atoms with Crippen molar-refractivity contribution in [3.63, 3.8) is 0 Å². The van der Waals surface area contributed by atoms with Gasteiger partial charge in [-0.25, -0.2) is 0 Å². The fraction of sp³-hybridized carbons (Fsp3) is 0.440. The highest BCUT2D eigenvalue weighted by atomic mass is 16.5. The fourth-order valence-corrected chi connectivity index (χ4v) is 3.68. The molecule has 1 N–H and O–H groups in total. The predicted octanol–water partition coefficient (Wildman–Crippen LogP) is 3.76.